The van der Waals surface area contributed by atoms with E-state index in [2.05, 4.69) is 26.6 Å². The zero-order valence-electron chi connectivity index (χ0n) is 9.86. The van der Waals surface area contributed by atoms with Crippen molar-refractivity contribution < 1.29 is 4.79 Å². The van der Waals surface area contributed by atoms with Crippen molar-refractivity contribution in [3.05, 3.63) is 27.7 Å². The van der Waals surface area contributed by atoms with Gasteiger partial charge in [-0.2, -0.15) is 0 Å². The number of aryl methyl sites for hydroxylation is 2. The van der Waals surface area contributed by atoms with E-state index in [1.807, 2.05) is 33.0 Å². The van der Waals surface area contributed by atoms with Crippen LogP contribution in [0.4, 0.5) is 5.69 Å². The number of benzene rings is 1. The Hall–Kier alpha value is -0.870. The summed E-state index contributed by atoms with van der Waals surface area (Å²) in [5.74, 6) is 0.0375. The van der Waals surface area contributed by atoms with E-state index in [0.29, 0.717) is 13.0 Å². The highest BCUT2D eigenvalue weighted by Crippen LogP contribution is 2.24. The molecule has 0 saturated carbocycles. The summed E-state index contributed by atoms with van der Waals surface area (Å²) >= 11 is 3.50. The third kappa shape index (κ3) is 3.61. The molecule has 0 aromatic heterocycles. The van der Waals surface area contributed by atoms with Crippen molar-refractivity contribution in [1.29, 1.82) is 0 Å². The minimum absolute atomic E-state index is 0.0375. The van der Waals surface area contributed by atoms with Crippen molar-refractivity contribution >= 4 is 27.5 Å². The predicted octanol–water partition coefficient (Wildman–Crippen LogP) is 2.61. The van der Waals surface area contributed by atoms with E-state index in [1.165, 1.54) is 0 Å². The van der Waals surface area contributed by atoms with Gasteiger partial charge in [0.05, 0.1) is 0 Å². The topological polar surface area (TPSA) is 41.1 Å². The number of rotatable bonds is 4. The summed E-state index contributed by atoms with van der Waals surface area (Å²) in [5.41, 5.74) is 3.12. The molecule has 0 heterocycles. The molecular formula is C12H17BrN2O. The number of nitrogens with one attached hydrogen (secondary N) is 2. The van der Waals surface area contributed by atoms with Crippen LogP contribution in [0.25, 0.3) is 0 Å². The van der Waals surface area contributed by atoms with Crippen molar-refractivity contribution in [2.45, 2.75) is 20.3 Å². The monoisotopic (exact) mass is 284 g/mol. The number of halogens is 1. The Morgan fingerprint density at radius 3 is 2.38 bits per heavy atom. The molecule has 3 nitrogen and oxygen atoms in total. The molecule has 0 aliphatic heterocycles. The number of carbonyl (C=O) groups excluding carboxylic acids is 1. The molecule has 0 unspecified atom stereocenters. The predicted molar refractivity (Wildman–Crippen MR) is 70.8 cm³/mol. The third-order valence-corrected chi connectivity index (χ3v) is 3.57. The van der Waals surface area contributed by atoms with Crippen molar-refractivity contribution in [3.63, 3.8) is 0 Å². The van der Waals surface area contributed by atoms with Crippen LogP contribution in [0.3, 0.4) is 0 Å². The van der Waals surface area contributed by atoms with Gasteiger partial charge in [-0.25, -0.2) is 0 Å². The van der Waals surface area contributed by atoms with Gasteiger partial charge in [-0.3, -0.25) is 4.79 Å². The summed E-state index contributed by atoms with van der Waals surface area (Å²) < 4.78 is 1.10. The second-order valence-corrected chi connectivity index (χ2v) is 4.62. The minimum atomic E-state index is 0.0375. The maximum absolute atomic E-state index is 11.5. The molecule has 16 heavy (non-hydrogen) atoms. The highest BCUT2D eigenvalue weighted by atomic mass is 79.9. The summed E-state index contributed by atoms with van der Waals surface area (Å²) in [7, 11) is 1.83. The first-order chi connectivity index (χ1) is 7.54. The Labute approximate surface area is 105 Å². The lowest BCUT2D eigenvalue weighted by Gasteiger charge is -2.09. The molecule has 88 valence electrons. The molecule has 4 heteroatoms. The highest BCUT2D eigenvalue weighted by molar-refractivity contribution is 9.10. The van der Waals surface area contributed by atoms with Crippen LogP contribution in [0.15, 0.2) is 16.6 Å². The molecule has 1 aromatic carbocycles. The Kier molecular flexibility index (Phi) is 4.96. The van der Waals surface area contributed by atoms with E-state index in [0.717, 1.165) is 21.3 Å². The Bertz CT molecular complexity index is 368. The van der Waals surface area contributed by atoms with Crippen LogP contribution in [-0.4, -0.2) is 19.5 Å². The van der Waals surface area contributed by atoms with Gasteiger partial charge in [-0.15, -0.1) is 0 Å². The zero-order valence-corrected chi connectivity index (χ0v) is 11.4. The molecule has 1 rings (SSSR count). The fourth-order valence-corrected chi connectivity index (χ4v) is 1.71. The summed E-state index contributed by atoms with van der Waals surface area (Å²) in [5, 5.41) is 5.83. The first kappa shape index (κ1) is 13.2. The summed E-state index contributed by atoms with van der Waals surface area (Å²) in [6.07, 6.45) is 0.491. The maximum atomic E-state index is 11.5. The van der Waals surface area contributed by atoms with E-state index in [9.17, 15) is 4.79 Å². The molecule has 1 amide bonds. The van der Waals surface area contributed by atoms with Crippen LogP contribution in [0.5, 0.6) is 0 Å². The van der Waals surface area contributed by atoms with Gasteiger partial charge in [0.2, 0.25) is 5.91 Å². The van der Waals surface area contributed by atoms with Gasteiger partial charge in [-0.1, -0.05) is 15.9 Å². The first-order valence-corrected chi connectivity index (χ1v) is 6.05. The SMILES string of the molecule is CNCCC(=O)Nc1cc(C)c(Br)c(C)c1. The smallest absolute Gasteiger partial charge is 0.225 e. The van der Waals surface area contributed by atoms with E-state index in [-0.39, 0.29) is 5.91 Å². The lowest BCUT2D eigenvalue weighted by atomic mass is 10.1. The van der Waals surface area contributed by atoms with Gasteiger partial charge in [0, 0.05) is 23.1 Å². The second-order valence-electron chi connectivity index (χ2n) is 3.83. The van der Waals surface area contributed by atoms with Crippen LogP contribution in [0, 0.1) is 13.8 Å². The van der Waals surface area contributed by atoms with Gasteiger partial charge < -0.3 is 10.6 Å². The quantitative estimate of drug-likeness (QED) is 0.893. The average molecular weight is 285 g/mol. The maximum Gasteiger partial charge on any atom is 0.225 e. The largest absolute Gasteiger partial charge is 0.326 e. The van der Waals surface area contributed by atoms with Crippen LogP contribution in [-0.2, 0) is 4.79 Å². The summed E-state index contributed by atoms with van der Waals surface area (Å²) in [6.45, 7) is 4.72. The Balaban J connectivity index is 2.71. The number of anilines is 1. The summed E-state index contributed by atoms with van der Waals surface area (Å²) in [4.78, 5) is 11.5. The zero-order chi connectivity index (χ0) is 12.1. The van der Waals surface area contributed by atoms with Gasteiger partial charge in [-0.05, 0) is 44.2 Å². The van der Waals surface area contributed by atoms with Crippen molar-refractivity contribution in [3.8, 4) is 0 Å². The van der Waals surface area contributed by atoms with Crippen LogP contribution in [0.2, 0.25) is 0 Å². The minimum Gasteiger partial charge on any atom is -0.326 e. The molecule has 0 aliphatic rings. The van der Waals surface area contributed by atoms with E-state index >= 15 is 0 Å². The van der Waals surface area contributed by atoms with Crippen LogP contribution >= 0.6 is 15.9 Å². The van der Waals surface area contributed by atoms with E-state index in [4.69, 9.17) is 0 Å². The third-order valence-electron chi connectivity index (χ3n) is 2.32. The molecule has 2 N–H and O–H groups in total. The first-order valence-electron chi connectivity index (χ1n) is 5.25. The standard InChI is InChI=1S/C12H17BrN2O/c1-8-6-10(7-9(2)12(8)13)15-11(16)4-5-14-3/h6-7,14H,4-5H2,1-3H3,(H,15,16). The molecule has 0 atom stereocenters. The average Bonchev–Trinajstić information content (AvgIpc) is 2.23. The van der Waals surface area contributed by atoms with Gasteiger partial charge in [0.15, 0.2) is 0 Å². The van der Waals surface area contributed by atoms with Crippen molar-refractivity contribution in [2.24, 2.45) is 0 Å². The number of amides is 1. The molecule has 0 aliphatic carbocycles. The van der Waals surface area contributed by atoms with Crippen molar-refractivity contribution in [1.82, 2.24) is 5.32 Å². The normalized spacial score (nSPS) is 10.2. The lowest BCUT2D eigenvalue weighted by molar-refractivity contribution is -0.116. The van der Waals surface area contributed by atoms with E-state index < -0.39 is 0 Å². The number of carbonyl (C=O) groups is 1. The van der Waals surface area contributed by atoms with Crippen molar-refractivity contribution in [2.75, 3.05) is 18.9 Å². The summed E-state index contributed by atoms with van der Waals surface area (Å²) in [6, 6.07) is 3.93. The molecule has 0 saturated heterocycles. The van der Waals surface area contributed by atoms with E-state index in [1.54, 1.807) is 0 Å². The van der Waals surface area contributed by atoms with Crippen LogP contribution < -0.4 is 10.6 Å². The fourth-order valence-electron chi connectivity index (χ4n) is 1.48. The van der Waals surface area contributed by atoms with Gasteiger partial charge >= 0.3 is 0 Å². The Morgan fingerprint density at radius 2 is 1.88 bits per heavy atom. The molecule has 0 spiro atoms. The van der Waals surface area contributed by atoms with Gasteiger partial charge in [0.25, 0.3) is 0 Å². The molecule has 0 fully saturated rings. The molecule has 0 radical (unpaired) electrons. The van der Waals surface area contributed by atoms with Gasteiger partial charge in [0.1, 0.15) is 0 Å². The molecular weight excluding hydrogens is 268 g/mol. The van der Waals surface area contributed by atoms with Crippen LogP contribution in [0.1, 0.15) is 17.5 Å². The second kappa shape index (κ2) is 6.01. The lowest BCUT2D eigenvalue weighted by Crippen LogP contribution is -2.18. The highest BCUT2D eigenvalue weighted by Gasteiger charge is 2.05. The molecule has 0 bridgehead atoms. The Morgan fingerprint density at radius 1 is 1.31 bits per heavy atom. The molecule has 1 aromatic rings. The number of hydrogen-bond acceptors (Lipinski definition) is 2. The number of hydrogen-bond donors (Lipinski definition) is 2. The fraction of sp³-hybridized carbons (Fsp3) is 0.417.